The van der Waals surface area contributed by atoms with Gasteiger partial charge < -0.3 is 10.4 Å². The topological polar surface area (TPSA) is 105 Å². The average molecular weight is 346 g/mol. The lowest BCUT2D eigenvalue weighted by Crippen LogP contribution is -2.04. The van der Waals surface area contributed by atoms with Crippen molar-refractivity contribution in [2.45, 2.75) is 6.92 Å². The largest absolute Gasteiger partial charge is 0.478 e. The zero-order valence-corrected chi connectivity index (χ0v) is 13.8. The minimum atomic E-state index is -1.03. The second kappa shape index (κ2) is 6.25. The highest BCUT2D eigenvalue weighted by molar-refractivity contribution is 5.91. The van der Waals surface area contributed by atoms with E-state index >= 15 is 0 Å². The third kappa shape index (κ3) is 2.95. The number of carboxylic acid groups (broad SMARTS) is 1. The lowest BCUT2D eigenvalue weighted by atomic mass is 10.3. The summed E-state index contributed by atoms with van der Waals surface area (Å²) in [6.07, 6.45) is 4.77. The maximum absolute atomic E-state index is 11.3. The Balaban J connectivity index is 1.90. The number of fused-ring (bicyclic) bond motifs is 1. The third-order valence-corrected chi connectivity index (χ3v) is 3.77. The molecule has 0 aliphatic carbocycles. The van der Waals surface area contributed by atoms with Crippen LogP contribution < -0.4 is 5.32 Å². The maximum Gasteiger partial charge on any atom is 0.337 e. The van der Waals surface area contributed by atoms with Crippen LogP contribution in [0.1, 0.15) is 16.1 Å². The van der Waals surface area contributed by atoms with Gasteiger partial charge in [-0.1, -0.05) is 6.07 Å². The normalized spacial score (nSPS) is 10.8. The molecule has 0 saturated heterocycles. The van der Waals surface area contributed by atoms with E-state index in [9.17, 15) is 9.90 Å². The molecule has 0 aliphatic heterocycles. The summed E-state index contributed by atoms with van der Waals surface area (Å²) in [7, 11) is 0. The third-order valence-electron chi connectivity index (χ3n) is 3.77. The number of aromatic carboxylic acids is 1. The molecule has 8 heteroatoms. The van der Waals surface area contributed by atoms with E-state index in [1.807, 2.05) is 25.1 Å². The summed E-state index contributed by atoms with van der Waals surface area (Å²) in [6, 6.07) is 10.7. The Bertz CT molecular complexity index is 1110. The van der Waals surface area contributed by atoms with Crippen LogP contribution in [0.4, 0.5) is 11.5 Å². The second-order valence-electron chi connectivity index (χ2n) is 5.67. The van der Waals surface area contributed by atoms with E-state index in [0.29, 0.717) is 22.9 Å². The Morgan fingerprint density at radius 1 is 1.15 bits per heavy atom. The van der Waals surface area contributed by atoms with Gasteiger partial charge in [-0.2, -0.15) is 0 Å². The van der Waals surface area contributed by atoms with Gasteiger partial charge >= 0.3 is 5.97 Å². The highest BCUT2D eigenvalue weighted by Gasteiger charge is 2.15. The van der Waals surface area contributed by atoms with Crippen LogP contribution in [0.3, 0.4) is 0 Å². The summed E-state index contributed by atoms with van der Waals surface area (Å²) < 4.78 is 1.50. The molecule has 2 N–H and O–H groups in total. The summed E-state index contributed by atoms with van der Waals surface area (Å²) in [6.45, 7) is 1.89. The standard InChI is InChI=1S/C18H14N6O2/c1-11-3-2-4-14(20-11)16-22-17(21-13-5-7-19-8-6-13)15-9-12(18(25)26)10-24(15)23-16/h2-10H,1H3,(H,25,26)(H,19,21,22,23). The van der Waals surface area contributed by atoms with Crippen LogP contribution in [0.5, 0.6) is 0 Å². The van der Waals surface area contributed by atoms with E-state index in [2.05, 4.69) is 25.4 Å². The van der Waals surface area contributed by atoms with Crippen molar-refractivity contribution in [2.75, 3.05) is 5.32 Å². The summed E-state index contributed by atoms with van der Waals surface area (Å²) in [5.41, 5.74) is 2.91. The van der Waals surface area contributed by atoms with Gasteiger partial charge in [-0.25, -0.2) is 19.3 Å². The predicted molar refractivity (Wildman–Crippen MR) is 95.4 cm³/mol. The molecule has 8 nitrogen and oxygen atoms in total. The van der Waals surface area contributed by atoms with Gasteiger partial charge in [-0.05, 0) is 37.3 Å². The summed E-state index contributed by atoms with van der Waals surface area (Å²) in [5.74, 6) is -0.150. The highest BCUT2D eigenvalue weighted by atomic mass is 16.4. The number of nitrogens with zero attached hydrogens (tertiary/aromatic N) is 5. The molecule has 0 radical (unpaired) electrons. The van der Waals surface area contributed by atoms with Crippen molar-refractivity contribution in [2.24, 2.45) is 0 Å². The van der Waals surface area contributed by atoms with Crippen LogP contribution in [0.2, 0.25) is 0 Å². The molecule has 0 aromatic carbocycles. The first-order chi connectivity index (χ1) is 12.6. The second-order valence-corrected chi connectivity index (χ2v) is 5.67. The van der Waals surface area contributed by atoms with E-state index in [1.54, 1.807) is 24.5 Å². The number of anilines is 2. The van der Waals surface area contributed by atoms with E-state index in [4.69, 9.17) is 0 Å². The minimum absolute atomic E-state index is 0.131. The van der Waals surface area contributed by atoms with Crippen LogP contribution in [-0.4, -0.2) is 35.6 Å². The number of aromatic nitrogens is 5. The molecule has 0 bridgehead atoms. The van der Waals surface area contributed by atoms with Gasteiger partial charge in [0.05, 0.1) is 5.56 Å². The van der Waals surface area contributed by atoms with Gasteiger partial charge in [0.2, 0.25) is 5.82 Å². The number of pyridine rings is 2. The van der Waals surface area contributed by atoms with Gasteiger partial charge in [0.25, 0.3) is 0 Å². The molecule has 4 rings (SSSR count). The average Bonchev–Trinajstić information content (AvgIpc) is 3.07. The fraction of sp³-hybridized carbons (Fsp3) is 0.0556. The van der Waals surface area contributed by atoms with Gasteiger partial charge in [0, 0.05) is 30.0 Å². The zero-order valence-electron chi connectivity index (χ0n) is 13.8. The van der Waals surface area contributed by atoms with Crippen molar-refractivity contribution in [3.8, 4) is 11.5 Å². The van der Waals surface area contributed by atoms with Gasteiger partial charge in [-0.3, -0.25) is 4.98 Å². The summed E-state index contributed by atoms with van der Waals surface area (Å²) in [4.78, 5) is 24.3. The Morgan fingerprint density at radius 2 is 1.96 bits per heavy atom. The van der Waals surface area contributed by atoms with Crippen molar-refractivity contribution >= 4 is 23.0 Å². The van der Waals surface area contributed by atoms with Crippen LogP contribution in [0.25, 0.3) is 17.0 Å². The van der Waals surface area contributed by atoms with Gasteiger partial charge in [0.1, 0.15) is 11.2 Å². The Kier molecular flexibility index (Phi) is 3.77. The Hall–Kier alpha value is -3.81. The van der Waals surface area contributed by atoms with Crippen molar-refractivity contribution in [3.05, 3.63) is 66.2 Å². The van der Waals surface area contributed by atoms with Crippen LogP contribution in [-0.2, 0) is 0 Å². The van der Waals surface area contributed by atoms with E-state index in [1.165, 1.54) is 16.8 Å². The van der Waals surface area contributed by atoms with Crippen molar-refractivity contribution in [1.29, 1.82) is 0 Å². The number of hydrogen-bond donors (Lipinski definition) is 2. The number of nitrogens with one attached hydrogen (secondary N) is 1. The molecular weight excluding hydrogens is 332 g/mol. The lowest BCUT2D eigenvalue weighted by Gasteiger charge is -2.09. The SMILES string of the molecule is Cc1cccc(-c2nc(Nc3ccncc3)c3cc(C(=O)O)cn3n2)n1. The van der Waals surface area contributed by atoms with Crippen molar-refractivity contribution < 1.29 is 9.90 Å². The van der Waals surface area contributed by atoms with Crippen molar-refractivity contribution in [3.63, 3.8) is 0 Å². The first kappa shape index (κ1) is 15.7. The highest BCUT2D eigenvalue weighted by Crippen LogP contribution is 2.24. The number of hydrogen-bond acceptors (Lipinski definition) is 6. The molecule has 0 amide bonds. The first-order valence-corrected chi connectivity index (χ1v) is 7.85. The zero-order chi connectivity index (χ0) is 18.1. The van der Waals surface area contributed by atoms with Crippen LogP contribution >= 0.6 is 0 Å². The first-order valence-electron chi connectivity index (χ1n) is 7.85. The van der Waals surface area contributed by atoms with Crippen LogP contribution in [0.15, 0.2) is 55.0 Å². The fourth-order valence-corrected chi connectivity index (χ4v) is 2.56. The number of aryl methyl sites for hydroxylation is 1. The quantitative estimate of drug-likeness (QED) is 0.585. The molecule has 0 aliphatic rings. The minimum Gasteiger partial charge on any atom is -0.478 e. The molecule has 4 aromatic rings. The van der Waals surface area contributed by atoms with E-state index < -0.39 is 5.97 Å². The van der Waals surface area contributed by atoms with Gasteiger partial charge in [0.15, 0.2) is 5.82 Å². The smallest absolute Gasteiger partial charge is 0.337 e. The monoisotopic (exact) mass is 346 g/mol. The number of carboxylic acids is 1. The molecule has 4 heterocycles. The molecule has 0 unspecified atom stereocenters. The molecule has 128 valence electrons. The van der Waals surface area contributed by atoms with Gasteiger partial charge in [-0.15, -0.1) is 5.10 Å². The number of carbonyl (C=O) groups is 1. The fourth-order valence-electron chi connectivity index (χ4n) is 2.56. The molecule has 26 heavy (non-hydrogen) atoms. The molecule has 0 atom stereocenters. The predicted octanol–water partition coefficient (Wildman–Crippen LogP) is 2.94. The van der Waals surface area contributed by atoms with Crippen LogP contribution in [0, 0.1) is 6.92 Å². The Labute approximate surface area is 148 Å². The molecule has 0 fully saturated rings. The Morgan fingerprint density at radius 3 is 2.69 bits per heavy atom. The molecule has 0 saturated carbocycles. The lowest BCUT2D eigenvalue weighted by molar-refractivity contribution is 0.0697. The molecule has 0 spiro atoms. The van der Waals surface area contributed by atoms with E-state index in [0.717, 1.165) is 11.4 Å². The summed E-state index contributed by atoms with van der Waals surface area (Å²) >= 11 is 0. The summed E-state index contributed by atoms with van der Waals surface area (Å²) in [5, 5.41) is 16.9. The molecular formula is C18H14N6O2. The van der Waals surface area contributed by atoms with E-state index in [-0.39, 0.29) is 5.56 Å². The molecule has 4 aromatic heterocycles. The maximum atomic E-state index is 11.3. The number of rotatable bonds is 4. The van der Waals surface area contributed by atoms with Crippen molar-refractivity contribution in [1.82, 2.24) is 24.6 Å².